The Balaban J connectivity index is 1.51. The smallest absolute Gasteiger partial charge is 0.251 e. The number of hydrogen-bond acceptors (Lipinski definition) is 7. The number of fused-ring (bicyclic) bond motifs is 1. The Morgan fingerprint density at radius 3 is 2.65 bits per heavy atom. The first-order valence-corrected chi connectivity index (χ1v) is 13.6. The van der Waals surface area contributed by atoms with Crippen molar-refractivity contribution in [3.63, 3.8) is 0 Å². The van der Waals surface area contributed by atoms with Gasteiger partial charge in [0.15, 0.2) is 5.82 Å². The molecule has 3 heterocycles. The van der Waals surface area contributed by atoms with Crippen molar-refractivity contribution in [2.45, 2.75) is 59.5 Å². The van der Waals surface area contributed by atoms with Crippen LogP contribution < -0.4 is 5.32 Å². The van der Waals surface area contributed by atoms with Gasteiger partial charge in [-0.3, -0.25) is 9.59 Å². The summed E-state index contributed by atoms with van der Waals surface area (Å²) in [7, 11) is 0. The van der Waals surface area contributed by atoms with Gasteiger partial charge in [0.1, 0.15) is 5.82 Å². The summed E-state index contributed by atoms with van der Waals surface area (Å²) < 4.78 is 2.32. The monoisotopic (exact) mass is 522 g/mol. The van der Waals surface area contributed by atoms with E-state index in [-0.39, 0.29) is 30.8 Å². The van der Waals surface area contributed by atoms with Crippen LogP contribution >= 0.6 is 11.3 Å². The maximum absolute atomic E-state index is 13.0. The molecule has 3 aromatic heterocycles. The number of aromatic nitrogens is 6. The standard InChI is InChI=1S/C26H34N8O2S/c1-5-19(6-2)34-22-10-9-18(12-21(22)28-24(34)13-20-8-7-11-37-20)26(36)27-14-25(35)33(15-17(3)4)16-23-29-31-32-30-23/h7-12,17,19H,5-6,13-16H2,1-4H3,(H,27,36)(H,29,30,31,32). The minimum atomic E-state index is -0.309. The topological polar surface area (TPSA) is 122 Å². The fourth-order valence-electron chi connectivity index (χ4n) is 4.53. The van der Waals surface area contributed by atoms with Gasteiger partial charge in [0.05, 0.1) is 24.1 Å². The zero-order chi connectivity index (χ0) is 26.4. The first-order chi connectivity index (χ1) is 17.9. The van der Waals surface area contributed by atoms with Gasteiger partial charge in [-0.25, -0.2) is 4.98 Å². The number of H-pyrrole nitrogens is 1. The quantitative estimate of drug-likeness (QED) is 0.290. The Labute approximate surface area is 220 Å². The van der Waals surface area contributed by atoms with E-state index in [1.165, 1.54) is 4.88 Å². The number of aromatic amines is 1. The Hall–Kier alpha value is -3.60. The van der Waals surface area contributed by atoms with Crippen molar-refractivity contribution < 1.29 is 9.59 Å². The van der Waals surface area contributed by atoms with Crippen molar-refractivity contribution in [1.82, 2.24) is 40.4 Å². The molecule has 4 aromatic rings. The van der Waals surface area contributed by atoms with Gasteiger partial charge in [-0.05, 0) is 48.4 Å². The van der Waals surface area contributed by atoms with Crippen LogP contribution in [-0.4, -0.2) is 60.0 Å². The van der Waals surface area contributed by atoms with Gasteiger partial charge in [0, 0.05) is 29.4 Å². The number of hydrogen-bond donors (Lipinski definition) is 2. The number of benzene rings is 1. The number of rotatable bonds is 12. The Morgan fingerprint density at radius 1 is 1.19 bits per heavy atom. The summed E-state index contributed by atoms with van der Waals surface area (Å²) in [4.78, 5) is 33.7. The van der Waals surface area contributed by atoms with Crippen LogP contribution in [0.2, 0.25) is 0 Å². The minimum absolute atomic E-state index is 0.118. The molecule has 0 spiro atoms. The Kier molecular flexibility index (Phi) is 8.65. The number of carbonyl (C=O) groups is 2. The molecule has 10 nitrogen and oxygen atoms in total. The van der Waals surface area contributed by atoms with E-state index in [1.54, 1.807) is 16.2 Å². The van der Waals surface area contributed by atoms with E-state index in [4.69, 9.17) is 4.98 Å². The Bertz CT molecular complexity index is 1310. The highest BCUT2D eigenvalue weighted by Crippen LogP contribution is 2.28. The first-order valence-electron chi connectivity index (χ1n) is 12.7. The third kappa shape index (κ3) is 6.40. The predicted octanol–water partition coefficient (Wildman–Crippen LogP) is 3.98. The molecule has 4 rings (SSSR count). The molecule has 0 atom stereocenters. The summed E-state index contributed by atoms with van der Waals surface area (Å²) in [5, 5.41) is 18.7. The molecular formula is C26H34N8O2S. The molecule has 0 aliphatic rings. The molecule has 11 heteroatoms. The SMILES string of the molecule is CCC(CC)n1c(Cc2cccs2)nc2cc(C(=O)NCC(=O)N(Cc3nn[nH]n3)CC(C)C)ccc21. The third-order valence-electron chi connectivity index (χ3n) is 6.30. The van der Waals surface area contributed by atoms with E-state index < -0.39 is 0 Å². The molecule has 196 valence electrons. The van der Waals surface area contributed by atoms with Gasteiger partial charge in [0.25, 0.3) is 5.91 Å². The molecule has 0 aliphatic carbocycles. The van der Waals surface area contributed by atoms with E-state index >= 15 is 0 Å². The summed E-state index contributed by atoms with van der Waals surface area (Å²) in [6.07, 6.45) is 2.76. The highest BCUT2D eigenvalue weighted by Gasteiger charge is 2.21. The molecule has 0 saturated heterocycles. The number of tetrazole rings is 1. The lowest BCUT2D eigenvalue weighted by Gasteiger charge is -2.23. The van der Waals surface area contributed by atoms with Gasteiger partial charge in [-0.2, -0.15) is 5.21 Å². The highest BCUT2D eigenvalue weighted by molar-refractivity contribution is 7.09. The van der Waals surface area contributed by atoms with Crippen LogP contribution in [0.4, 0.5) is 0 Å². The molecule has 0 saturated carbocycles. The lowest BCUT2D eigenvalue weighted by Crippen LogP contribution is -2.41. The summed E-state index contributed by atoms with van der Waals surface area (Å²) in [5.41, 5.74) is 2.29. The van der Waals surface area contributed by atoms with Crippen molar-refractivity contribution in [2.24, 2.45) is 5.92 Å². The zero-order valence-electron chi connectivity index (χ0n) is 21.8. The molecule has 37 heavy (non-hydrogen) atoms. The fraction of sp³-hybridized carbons (Fsp3) is 0.462. The zero-order valence-corrected chi connectivity index (χ0v) is 22.6. The maximum Gasteiger partial charge on any atom is 0.251 e. The maximum atomic E-state index is 13.0. The molecule has 0 radical (unpaired) electrons. The molecule has 0 unspecified atom stereocenters. The van der Waals surface area contributed by atoms with E-state index in [1.807, 2.05) is 32.0 Å². The van der Waals surface area contributed by atoms with E-state index in [2.05, 4.69) is 61.9 Å². The molecule has 0 fully saturated rings. The van der Waals surface area contributed by atoms with Crippen LogP contribution in [0.3, 0.4) is 0 Å². The van der Waals surface area contributed by atoms with Crippen LogP contribution in [0.15, 0.2) is 35.7 Å². The first kappa shape index (κ1) is 26.5. The summed E-state index contributed by atoms with van der Waals surface area (Å²) in [6, 6.07) is 10.1. The van der Waals surface area contributed by atoms with Crippen molar-refractivity contribution in [2.75, 3.05) is 13.1 Å². The molecule has 1 aromatic carbocycles. The van der Waals surface area contributed by atoms with Gasteiger partial charge >= 0.3 is 0 Å². The summed E-state index contributed by atoms with van der Waals surface area (Å²) in [6.45, 7) is 9.07. The van der Waals surface area contributed by atoms with Gasteiger partial charge in [-0.15, -0.1) is 21.5 Å². The average Bonchev–Trinajstić information content (AvgIpc) is 3.65. The largest absolute Gasteiger partial charge is 0.343 e. The lowest BCUT2D eigenvalue weighted by atomic mass is 10.1. The number of thiophene rings is 1. The second-order valence-electron chi connectivity index (χ2n) is 9.51. The van der Waals surface area contributed by atoms with Crippen molar-refractivity contribution in [3.05, 3.63) is 57.8 Å². The van der Waals surface area contributed by atoms with E-state index in [0.717, 1.165) is 36.1 Å². The van der Waals surface area contributed by atoms with Crippen molar-refractivity contribution in [1.29, 1.82) is 0 Å². The van der Waals surface area contributed by atoms with Crippen LogP contribution in [0.5, 0.6) is 0 Å². The van der Waals surface area contributed by atoms with Crippen molar-refractivity contribution >= 4 is 34.2 Å². The number of amides is 2. The molecule has 0 bridgehead atoms. The lowest BCUT2D eigenvalue weighted by molar-refractivity contribution is -0.131. The summed E-state index contributed by atoms with van der Waals surface area (Å²) >= 11 is 1.72. The van der Waals surface area contributed by atoms with Gasteiger partial charge in [-0.1, -0.05) is 39.0 Å². The van der Waals surface area contributed by atoms with Crippen LogP contribution in [0, 0.1) is 5.92 Å². The van der Waals surface area contributed by atoms with Gasteiger partial charge in [0.2, 0.25) is 5.91 Å². The second-order valence-corrected chi connectivity index (χ2v) is 10.5. The second kappa shape index (κ2) is 12.1. The van der Waals surface area contributed by atoms with E-state index in [0.29, 0.717) is 24.0 Å². The minimum Gasteiger partial charge on any atom is -0.343 e. The third-order valence-corrected chi connectivity index (χ3v) is 7.18. The van der Waals surface area contributed by atoms with E-state index in [9.17, 15) is 9.59 Å². The van der Waals surface area contributed by atoms with Crippen molar-refractivity contribution in [3.8, 4) is 0 Å². The normalized spacial score (nSPS) is 11.5. The number of carbonyl (C=O) groups excluding carboxylic acids is 2. The number of nitrogens with zero attached hydrogens (tertiary/aromatic N) is 6. The van der Waals surface area contributed by atoms with Crippen LogP contribution in [0.1, 0.15) is 73.5 Å². The molecule has 2 amide bonds. The molecule has 2 N–H and O–H groups in total. The van der Waals surface area contributed by atoms with Crippen LogP contribution in [-0.2, 0) is 17.8 Å². The number of nitrogens with one attached hydrogen (secondary N) is 2. The number of imidazole rings is 1. The average molecular weight is 523 g/mol. The highest BCUT2D eigenvalue weighted by atomic mass is 32.1. The Morgan fingerprint density at radius 2 is 2.00 bits per heavy atom. The fourth-order valence-corrected chi connectivity index (χ4v) is 5.23. The predicted molar refractivity (Wildman–Crippen MR) is 143 cm³/mol. The summed E-state index contributed by atoms with van der Waals surface area (Å²) in [5.74, 6) is 1.17. The van der Waals surface area contributed by atoms with Crippen LogP contribution in [0.25, 0.3) is 11.0 Å². The molecular weight excluding hydrogens is 488 g/mol. The molecule has 0 aliphatic heterocycles. The van der Waals surface area contributed by atoms with Gasteiger partial charge < -0.3 is 14.8 Å².